The summed E-state index contributed by atoms with van der Waals surface area (Å²) in [5.41, 5.74) is 1.09. The zero-order valence-corrected chi connectivity index (χ0v) is 12.6. The van der Waals surface area contributed by atoms with Gasteiger partial charge in [0.05, 0.1) is 16.5 Å². The van der Waals surface area contributed by atoms with E-state index in [1.807, 2.05) is 6.07 Å². The minimum Gasteiger partial charge on any atom is -0.315 e. The van der Waals surface area contributed by atoms with Crippen molar-refractivity contribution in [1.82, 2.24) is 9.62 Å². The van der Waals surface area contributed by atoms with Crippen molar-refractivity contribution in [3.8, 4) is 6.07 Å². The van der Waals surface area contributed by atoms with E-state index in [2.05, 4.69) is 5.32 Å². The van der Waals surface area contributed by atoms with Gasteiger partial charge in [-0.2, -0.15) is 9.57 Å². The molecule has 1 aliphatic heterocycles. The number of piperidine rings is 1. The average molecular weight is 293 g/mol. The molecule has 0 saturated carbocycles. The second kappa shape index (κ2) is 5.92. The molecule has 6 heteroatoms. The fraction of sp³-hybridized carbons (Fsp3) is 0.500. The molecule has 1 atom stereocenters. The molecular weight excluding hydrogens is 274 g/mol. The molecule has 0 amide bonds. The molecule has 108 valence electrons. The maximum Gasteiger partial charge on any atom is 0.243 e. The monoisotopic (exact) mass is 293 g/mol. The lowest BCUT2D eigenvalue weighted by molar-refractivity contribution is 0.300. The molecule has 0 radical (unpaired) electrons. The van der Waals surface area contributed by atoms with Crippen molar-refractivity contribution in [3.63, 3.8) is 0 Å². The van der Waals surface area contributed by atoms with E-state index in [-0.39, 0.29) is 10.9 Å². The van der Waals surface area contributed by atoms with E-state index < -0.39 is 10.0 Å². The zero-order chi connectivity index (χ0) is 14.8. The van der Waals surface area contributed by atoms with E-state index in [1.165, 1.54) is 10.4 Å². The number of hydrogen-bond donors (Lipinski definition) is 1. The predicted molar refractivity (Wildman–Crippen MR) is 76.7 cm³/mol. The highest BCUT2D eigenvalue weighted by molar-refractivity contribution is 7.89. The van der Waals surface area contributed by atoms with Gasteiger partial charge in [0.15, 0.2) is 0 Å². The summed E-state index contributed by atoms with van der Waals surface area (Å²) in [5, 5.41) is 12.1. The first-order valence-electron chi connectivity index (χ1n) is 6.66. The van der Waals surface area contributed by atoms with Gasteiger partial charge in [0.25, 0.3) is 0 Å². The van der Waals surface area contributed by atoms with Crippen LogP contribution in [-0.4, -0.2) is 38.9 Å². The number of sulfonamides is 1. The van der Waals surface area contributed by atoms with E-state index in [1.54, 1.807) is 26.1 Å². The van der Waals surface area contributed by atoms with Crippen LogP contribution >= 0.6 is 0 Å². The number of benzene rings is 1. The average Bonchev–Trinajstić information content (AvgIpc) is 2.46. The van der Waals surface area contributed by atoms with Crippen LogP contribution in [-0.2, 0) is 10.0 Å². The van der Waals surface area contributed by atoms with E-state index in [4.69, 9.17) is 5.26 Å². The van der Waals surface area contributed by atoms with Crippen LogP contribution in [0, 0.1) is 18.3 Å². The van der Waals surface area contributed by atoms with Gasteiger partial charge in [0.1, 0.15) is 0 Å². The quantitative estimate of drug-likeness (QED) is 0.910. The number of nitriles is 1. The highest BCUT2D eigenvalue weighted by Gasteiger charge is 2.29. The largest absolute Gasteiger partial charge is 0.315 e. The van der Waals surface area contributed by atoms with Crippen molar-refractivity contribution >= 4 is 10.0 Å². The molecule has 20 heavy (non-hydrogen) atoms. The SMILES string of the molecule is Cc1cc(C#N)ccc1S(=O)(=O)N(C)C1CCCNC1. The summed E-state index contributed by atoms with van der Waals surface area (Å²) >= 11 is 0. The van der Waals surface area contributed by atoms with Gasteiger partial charge >= 0.3 is 0 Å². The predicted octanol–water partition coefficient (Wildman–Crippen LogP) is 1.24. The van der Waals surface area contributed by atoms with Gasteiger partial charge < -0.3 is 5.32 Å². The molecule has 1 aliphatic rings. The van der Waals surface area contributed by atoms with Gasteiger partial charge in [0, 0.05) is 19.6 Å². The van der Waals surface area contributed by atoms with Crippen molar-refractivity contribution in [2.45, 2.75) is 30.7 Å². The molecule has 0 aromatic heterocycles. The number of aryl methyl sites for hydroxylation is 1. The molecule has 1 aromatic carbocycles. The Hall–Kier alpha value is -1.42. The van der Waals surface area contributed by atoms with Crippen molar-refractivity contribution in [3.05, 3.63) is 29.3 Å². The number of rotatable bonds is 3. The normalized spacial score (nSPS) is 19.8. The number of likely N-dealkylation sites (N-methyl/N-ethyl adjacent to an activating group) is 1. The van der Waals surface area contributed by atoms with Gasteiger partial charge in [0.2, 0.25) is 10.0 Å². The number of hydrogen-bond acceptors (Lipinski definition) is 4. The molecule has 0 bridgehead atoms. The fourth-order valence-corrected chi connectivity index (χ4v) is 4.09. The summed E-state index contributed by atoms with van der Waals surface area (Å²) in [6.45, 7) is 3.35. The first-order chi connectivity index (χ1) is 9.46. The lowest BCUT2D eigenvalue weighted by Gasteiger charge is -2.31. The molecule has 2 rings (SSSR count). The first-order valence-corrected chi connectivity index (χ1v) is 8.10. The summed E-state index contributed by atoms with van der Waals surface area (Å²) in [5.74, 6) is 0. The van der Waals surface area contributed by atoms with Crippen LogP contribution in [0.15, 0.2) is 23.1 Å². The van der Waals surface area contributed by atoms with E-state index in [0.717, 1.165) is 19.4 Å². The molecule has 0 aliphatic carbocycles. The minimum atomic E-state index is -3.51. The van der Waals surface area contributed by atoms with Crippen LogP contribution in [0.25, 0.3) is 0 Å². The highest BCUT2D eigenvalue weighted by Crippen LogP contribution is 2.23. The number of nitrogens with one attached hydrogen (secondary N) is 1. The third-order valence-electron chi connectivity index (χ3n) is 3.75. The lowest BCUT2D eigenvalue weighted by Crippen LogP contribution is -2.46. The molecule has 5 nitrogen and oxygen atoms in total. The van der Waals surface area contributed by atoms with Crippen LogP contribution in [0.1, 0.15) is 24.0 Å². The van der Waals surface area contributed by atoms with Crippen LogP contribution in [0.5, 0.6) is 0 Å². The Morgan fingerprint density at radius 2 is 2.20 bits per heavy atom. The first kappa shape index (κ1) is 15.0. The van der Waals surface area contributed by atoms with Gasteiger partial charge in [-0.25, -0.2) is 8.42 Å². The fourth-order valence-electron chi connectivity index (χ4n) is 2.50. The molecule has 1 N–H and O–H groups in total. The standard InChI is InChI=1S/C14H19N3O2S/c1-11-8-12(9-15)5-6-14(11)20(18,19)17(2)13-4-3-7-16-10-13/h5-6,8,13,16H,3-4,7,10H2,1-2H3. The molecule has 1 unspecified atom stereocenters. The van der Waals surface area contributed by atoms with Crippen LogP contribution in [0.2, 0.25) is 0 Å². The Labute approximate surface area is 120 Å². The molecule has 1 aromatic rings. The number of nitrogens with zero attached hydrogens (tertiary/aromatic N) is 2. The van der Waals surface area contributed by atoms with E-state index in [9.17, 15) is 8.42 Å². The van der Waals surface area contributed by atoms with Gasteiger partial charge in [-0.3, -0.25) is 0 Å². The summed E-state index contributed by atoms with van der Waals surface area (Å²) < 4.78 is 26.8. The van der Waals surface area contributed by atoms with E-state index in [0.29, 0.717) is 17.7 Å². The van der Waals surface area contributed by atoms with Crippen LogP contribution in [0.4, 0.5) is 0 Å². The van der Waals surface area contributed by atoms with Crippen molar-refractivity contribution < 1.29 is 8.42 Å². The Balaban J connectivity index is 2.32. The molecule has 1 saturated heterocycles. The van der Waals surface area contributed by atoms with Gasteiger partial charge in [-0.1, -0.05) is 0 Å². The Morgan fingerprint density at radius 1 is 1.45 bits per heavy atom. The second-order valence-corrected chi connectivity index (χ2v) is 7.08. The Bertz CT molecular complexity index is 628. The van der Waals surface area contributed by atoms with Gasteiger partial charge in [-0.15, -0.1) is 0 Å². The minimum absolute atomic E-state index is 0.0104. The third kappa shape index (κ3) is 2.85. The molecule has 0 spiro atoms. The summed E-state index contributed by atoms with van der Waals surface area (Å²) in [6, 6.07) is 6.69. The summed E-state index contributed by atoms with van der Waals surface area (Å²) in [6.07, 6.45) is 1.86. The molecule has 1 fully saturated rings. The Morgan fingerprint density at radius 3 is 2.75 bits per heavy atom. The van der Waals surface area contributed by atoms with Crippen LogP contribution in [0.3, 0.4) is 0 Å². The van der Waals surface area contributed by atoms with Crippen molar-refractivity contribution in [2.24, 2.45) is 0 Å². The maximum absolute atomic E-state index is 12.7. The summed E-state index contributed by atoms with van der Waals surface area (Å²) in [7, 11) is -1.88. The maximum atomic E-state index is 12.7. The zero-order valence-electron chi connectivity index (χ0n) is 11.8. The topological polar surface area (TPSA) is 73.2 Å². The van der Waals surface area contributed by atoms with E-state index >= 15 is 0 Å². The molecular formula is C14H19N3O2S. The van der Waals surface area contributed by atoms with Crippen molar-refractivity contribution in [2.75, 3.05) is 20.1 Å². The smallest absolute Gasteiger partial charge is 0.243 e. The Kier molecular flexibility index (Phi) is 4.43. The third-order valence-corrected chi connectivity index (χ3v) is 5.82. The lowest BCUT2D eigenvalue weighted by atomic mass is 10.1. The summed E-state index contributed by atoms with van der Waals surface area (Å²) in [4.78, 5) is 0.282. The second-order valence-electron chi connectivity index (χ2n) is 5.11. The van der Waals surface area contributed by atoms with Gasteiger partial charge in [-0.05, 0) is 50.1 Å². The van der Waals surface area contributed by atoms with Crippen molar-refractivity contribution in [1.29, 1.82) is 5.26 Å². The highest BCUT2D eigenvalue weighted by atomic mass is 32.2. The van der Waals surface area contributed by atoms with Crippen LogP contribution < -0.4 is 5.32 Å². The molecule has 1 heterocycles.